The lowest BCUT2D eigenvalue weighted by atomic mass is 10.1. The van der Waals surface area contributed by atoms with E-state index in [9.17, 15) is 14.4 Å². The van der Waals surface area contributed by atoms with E-state index in [1.165, 1.54) is 25.4 Å². The van der Waals surface area contributed by atoms with Gasteiger partial charge >= 0.3 is 6.09 Å². The Morgan fingerprint density at radius 3 is 2.82 bits per heavy atom. The Hall–Kier alpha value is -2.90. The summed E-state index contributed by atoms with van der Waals surface area (Å²) < 4.78 is 4.96. The van der Waals surface area contributed by atoms with Crippen LogP contribution in [-0.4, -0.2) is 47.6 Å². The van der Waals surface area contributed by atoms with E-state index in [1.807, 2.05) is 0 Å². The number of carbonyl (C=O) groups is 3. The van der Waals surface area contributed by atoms with Crippen molar-refractivity contribution in [3.8, 4) is 5.88 Å². The lowest BCUT2D eigenvalue weighted by molar-refractivity contribution is -0.122. The maximum Gasteiger partial charge on any atom is 0.405 e. The number of ether oxygens (including phenoxy) is 1. The second kappa shape index (κ2) is 8.40. The van der Waals surface area contributed by atoms with Crippen molar-refractivity contribution in [3.63, 3.8) is 0 Å². The SMILES string of the molecule is C=CCC(NC(=O)O)C(=O)NCC(=O)c1cccnc1OC. The molecule has 1 aromatic rings. The summed E-state index contributed by atoms with van der Waals surface area (Å²) in [5.74, 6) is -0.850. The average molecular weight is 307 g/mol. The monoisotopic (exact) mass is 307 g/mol. The summed E-state index contributed by atoms with van der Waals surface area (Å²) in [6.45, 7) is 3.16. The van der Waals surface area contributed by atoms with Crippen LogP contribution in [0.2, 0.25) is 0 Å². The van der Waals surface area contributed by atoms with Crippen molar-refractivity contribution in [1.29, 1.82) is 0 Å². The highest BCUT2D eigenvalue weighted by molar-refractivity contribution is 6.01. The smallest absolute Gasteiger partial charge is 0.405 e. The quantitative estimate of drug-likeness (QED) is 0.478. The molecule has 1 heterocycles. The molecule has 0 bridgehead atoms. The molecule has 1 unspecified atom stereocenters. The van der Waals surface area contributed by atoms with Crippen molar-refractivity contribution in [2.24, 2.45) is 0 Å². The molecule has 0 aromatic carbocycles. The fourth-order valence-electron chi connectivity index (χ4n) is 1.70. The molecule has 0 aliphatic carbocycles. The first kappa shape index (κ1) is 17.2. The molecule has 118 valence electrons. The minimum atomic E-state index is -1.33. The molecule has 0 saturated carbocycles. The van der Waals surface area contributed by atoms with Gasteiger partial charge in [0.1, 0.15) is 6.04 Å². The van der Waals surface area contributed by atoms with Crippen LogP contribution in [0, 0.1) is 0 Å². The third-order valence-electron chi connectivity index (χ3n) is 2.70. The number of nitrogens with zero attached hydrogens (tertiary/aromatic N) is 1. The summed E-state index contributed by atoms with van der Waals surface area (Å²) >= 11 is 0. The zero-order chi connectivity index (χ0) is 16.5. The number of rotatable bonds is 8. The second-order valence-corrected chi connectivity index (χ2v) is 4.23. The number of Topliss-reactive ketones (excluding diaryl/α,β-unsaturated/α-hetero) is 1. The molecule has 1 aromatic heterocycles. The molecule has 0 saturated heterocycles. The molecule has 1 rings (SSSR count). The van der Waals surface area contributed by atoms with E-state index < -0.39 is 23.8 Å². The molecule has 1 atom stereocenters. The van der Waals surface area contributed by atoms with Crippen molar-refractivity contribution in [2.75, 3.05) is 13.7 Å². The van der Waals surface area contributed by atoms with Crippen LogP contribution in [0.4, 0.5) is 4.79 Å². The van der Waals surface area contributed by atoms with Crippen molar-refractivity contribution in [3.05, 3.63) is 36.5 Å². The zero-order valence-corrected chi connectivity index (χ0v) is 12.0. The number of methoxy groups -OCH3 is 1. The Morgan fingerprint density at radius 1 is 1.50 bits per heavy atom. The lowest BCUT2D eigenvalue weighted by Gasteiger charge is -2.15. The topological polar surface area (TPSA) is 118 Å². The van der Waals surface area contributed by atoms with Crippen LogP contribution in [0.15, 0.2) is 31.0 Å². The average Bonchev–Trinajstić information content (AvgIpc) is 2.51. The van der Waals surface area contributed by atoms with Gasteiger partial charge in [-0.25, -0.2) is 9.78 Å². The molecule has 0 radical (unpaired) electrons. The molecule has 8 heteroatoms. The first-order valence-electron chi connectivity index (χ1n) is 6.39. The van der Waals surface area contributed by atoms with Crippen LogP contribution < -0.4 is 15.4 Å². The first-order chi connectivity index (χ1) is 10.5. The fourth-order valence-corrected chi connectivity index (χ4v) is 1.70. The summed E-state index contributed by atoms with van der Waals surface area (Å²) in [7, 11) is 1.38. The number of ketones is 1. The predicted molar refractivity (Wildman–Crippen MR) is 77.9 cm³/mol. The molecular formula is C14H17N3O5. The van der Waals surface area contributed by atoms with Gasteiger partial charge in [0, 0.05) is 6.20 Å². The van der Waals surface area contributed by atoms with E-state index in [0.29, 0.717) is 0 Å². The third-order valence-corrected chi connectivity index (χ3v) is 2.70. The van der Waals surface area contributed by atoms with Crippen LogP contribution >= 0.6 is 0 Å². The highest BCUT2D eigenvalue weighted by Crippen LogP contribution is 2.13. The first-order valence-corrected chi connectivity index (χ1v) is 6.39. The van der Waals surface area contributed by atoms with Gasteiger partial charge in [-0.1, -0.05) is 6.08 Å². The van der Waals surface area contributed by atoms with Crippen LogP contribution in [0.5, 0.6) is 5.88 Å². The van der Waals surface area contributed by atoms with E-state index in [-0.39, 0.29) is 24.4 Å². The molecule has 3 N–H and O–H groups in total. The van der Waals surface area contributed by atoms with Crippen molar-refractivity contribution in [2.45, 2.75) is 12.5 Å². The molecule has 0 spiro atoms. The second-order valence-electron chi connectivity index (χ2n) is 4.23. The number of pyridine rings is 1. The summed E-state index contributed by atoms with van der Waals surface area (Å²) in [5.41, 5.74) is 0.233. The number of carboxylic acid groups (broad SMARTS) is 1. The molecule has 0 aliphatic rings. The summed E-state index contributed by atoms with van der Waals surface area (Å²) in [6.07, 6.45) is 1.67. The molecule has 8 nitrogen and oxygen atoms in total. The van der Waals surface area contributed by atoms with Crippen molar-refractivity contribution in [1.82, 2.24) is 15.6 Å². The van der Waals surface area contributed by atoms with Gasteiger partial charge in [0.25, 0.3) is 0 Å². The Morgan fingerprint density at radius 2 is 2.23 bits per heavy atom. The Labute approximate surface area is 127 Å². The molecule has 2 amide bonds. The summed E-state index contributed by atoms with van der Waals surface area (Å²) in [4.78, 5) is 38.4. The third kappa shape index (κ3) is 4.89. The summed E-state index contributed by atoms with van der Waals surface area (Å²) in [6, 6.07) is 2.10. The molecule has 0 fully saturated rings. The van der Waals surface area contributed by atoms with Crippen LogP contribution in [-0.2, 0) is 4.79 Å². The Kier molecular flexibility index (Phi) is 6.55. The van der Waals surface area contributed by atoms with E-state index in [4.69, 9.17) is 9.84 Å². The van der Waals surface area contributed by atoms with E-state index in [1.54, 1.807) is 6.07 Å². The van der Waals surface area contributed by atoms with Gasteiger partial charge in [-0.2, -0.15) is 0 Å². The zero-order valence-electron chi connectivity index (χ0n) is 12.0. The van der Waals surface area contributed by atoms with Crippen molar-refractivity contribution >= 4 is 17.8 Å². The standard InChI is InChI=1S/C14H17N3O5/c1-3-5-10(17-14(20)21)12(19)16-8-11(18)9-6-4-7-15-13(9)22-2/h3-4,6-7,10,17H,1,5,8H2,2H3,(H,16,19)(H,20,21). The molecule has 22 heavy (non-hydrogen) atoms. The highest BCUT2D eigenvalue weighted by atomic mass is 16.5. The minimum absolute atomic E-state index is 0.114. The largest absolute Gasteiger partial charge is 0.480 e. The van der Waals surface area contributed by atoms with Crippen LogP contribution in [0.25, 0.3) is 0 Å². The van der Waals surface area contributed by atoms with E-state index in [2.05, 4.69) is 22.2 Å². The maximum atomic E-state index is 12.0. The lowest BCUT2D eigenvalue weighted by Crippen LogP contribution is -2.47. The highest BCUT2D eigenvalue weighted by Gasteiger charge is 2.20. The predicted octanol–water partition coefficient (Wildman–Crippen LogP) is 0.601. The molecule has 0 aliphatic heterocycles. The Bertz CT molecular complexity index is 573. The van der Waals surface area contributed by atoms with E-state index in [0.717, 1.165) is 0 Å². The maximum absolute atomic E-state index is 12.0. The number of carbonyl (C=O) groups excluding carboxylic acids is 2. The Balaban J connectivity index is 2.67. The van der Waals surface area contributed by atoms with Gasteiger partial charge in [0.05, 0.1) is 19.2 Å². The van der Waals surface area contributed by atoms with Gasteiger partial charge in [-0.05, 0) is 18.6 Å². The molecular weight excluding hydrogens is 290 g/mol. The van der Waals surface area contributed by atoms with Gasteiger partial charge < -0.3 is 20.5 Å². The number of hydrogen-bond donors (Lipinski definition) is 3. The van der Waals surface area contributed by atoms with Crippen LogP contribution in [0.3, 0.4) is 0 Å². The van der Waals surface area contributed by atoms with Gasteiger partial charge in [0.2, 0.25) is 11.8 Å². The van der Waals surface area contributed by atoms with Gasteiger partial charge in [-0.3, -0.25) is 9.59 Å². The number of nitrogens with one attached hydrogen (secondary N) is 2. The summed E-state index contributed by atoms with van der Waals surface area (Å²) in [5, 5.41) is 13.1. The van der Waals surface area contributed by atoms with Crippen LogP contribution in [0.1, 0.15) is 16.8 Å². The number of aromatic nitrogens is 1. The van der Waals surface area contributed by atoms with Gasteiger partial charge in [-0.15, -0.1) is 6.58 Å². The number of hydrogen-bond acceptors (Lipinski definition) is 5. The van der Waals surface area contributed by atoms with Crippen molar-refractivity contribution < 1.29 is 24.2 Å². The van der Waals surface area contributed by atoms with E-state index >= 15 is 0 Å². The number of amides is 2. The minimum Gasteiger partial charge on any atom is -0.480 e. The van der Waals surface area contributed by atoms with Gasteiger partial charge in [0.15, 0.2) is 5.78 Å². The normalized spacial score (nSPS) is 11.1. The fraction of sp³-hybridized carbons (Fsp3) is 0.286.